The summed E-state index contributed by atoms with van der Waals surface area (Å²) in [5.41, 5.74) is 1.10. The lowest BCUT2D eigenvalue weighted by Crippen LogP contribution is -2.53. The number of ether oxygens (including phenoxy) is 2. The zero-order valence-corrected chi connectivity index (χ0v) is 18.2. The van der Waals surface area contributed by atoms with E-state index in [0.717, 1.165) is 30.4 Å². The molecule has 1 spiro atoms. The van der Waals surface area contributed by atoms with E-state index in [2.05, 4.69) is 25.2 Å². The van der Waals surface area contributed by atoms with Crippen LogP contribution in [0.25, 0.3) is 0 Å². The van der Waals surface area contributed by atoms with Gasteiger partial charge in [0.25, 0.3) is 5.91 Å². The van der Waals surface area contributed by atoms with Crippen molar-refractivity contribution >= 4 is 17.5 Å². The molecule has 2 aromatic heterocycles. The molecular formula is C23H26N6O3. The van der Waals surface area contributed by atoms with Crippen LogP contribution in [0.15, 0.2) is 49.1 Å². The van der Waals surface area contributed by atoms with Crippen LogP contribution in [0.3, 0.4) is 0 Å². The quantitative estimate of drug-likeness (QED) is 0.674. The summed E-state index contributed by atoms with van der Waals surface area (Å²) in [7, 11) is 1.60. The SMILES string of the molecule is COc1cccc(NC(=O)[C@H]2Cn3ccnc3C3(CCN(c4ncc(C)cn4)CC3)O2)c1. The van der Waals surface area contributed by atoms with Crippen LogP contribution in [0, 0.1) is 6.92 Å². The summed E-state index contributed by atoms with van der Waals surface area (Å²) in [5, 5.41) is 2.96. The third-order valence-electron chi connectivity index (χ3n) is 6.10. The van der Waals surface area contributed by atoms with Crippen molar-refractivity contribution in [3.63, 3.8) is 0 Å². The molecule has 2 aliphatic rings. The maximum absolute atomic E-state index is 13.1. The molecular weight excluding hydrogens is 408 g/mol. The predicted molar refractivity (Wildman–Crippen MR) is 119 cm³/mol. The molecule has 0 bridgehead atoms. The van der Waals surface area contributed by atoms with Crippen molar-refractivity contribution in [2.24, 2.45) is 0 Å². The fraction of sp³-hybridized carbons (Fsp3) is 0.391. The number of aromatic nitrogens is 4. The molecule has 1 fully saturated rings. The summed E-state index contributed by atoms with van der Waals surface area (Å²) >= 11 is 0. The number of benzene rings is 1. The average Bonchev–Trinajstić information content (AvgIpc) is 3.30. The van der Waals surface area contributed by atoms with Gasteiger partial charge in [-0.3, -0.25) is 4.79 Å². The molecule has 1 atom stereocenters. The molecule has 1 amide bonds. The average molecular weight is 435 g/mol. The first-order valence-electron chi connectivity index (χ1n) is 10.7. The Hall–Kier alpha value is -3.46. The lowest BCUT2D eigenvalue weighted by molar-refractivity contribution is -0.162. The molecule has 1 saturated heterocycles. The van der Waals surface area contributed by atoms with Crippen molar-refractivity contribution < 1.29 is 14.3 Å². The molecule has 166 valence electrons. The highest BCUT2D eigenvalue weighted by Crippen LogP contribution is 2.40. The van der Waals surface area contributed by atoms with Gasteiger partial charge in [-0.1, -0.05) is 6.07 Å². The monoisotopic (exact) mass is 434 g/mol. The van der Waals surface area contributed by atoms with Gasteiger partial charge < -0.3 is 24.3 Å². The summed E-state index contributed by atoms with van der Waals surface area (Å²) in [6.07, 6.45) is 8.13. The zero-order valence-electron chi connectivity index (χ0n) is 18.2. The number of nitrogens with zero attached hydrogens (tertiary/aromatic N) is 5. The lowest BCUT2D eigenvalue weighted by Gasteiger charge is -2.45. The van der Waals surface area contributed by atoms with Crippen LogP contribution in [0.5, 0.6) is 5.75 Å². The Bertz CT molecular complexity index is 1100. The Morgan fingerprint density at radius 2 is 2.00 bits per heavy atom. The smallest absolute Gasteiger partial charge is 0.255 e. The Morgan fingerprint density at radius 3 is 2.75 bits per heavy atom. The fourth-order valence-corrected chi connectivity index (χ4v) is 4.42. The van der Waals surface area contributed by atoms with Crippen molar-refractivity contribution in [3.8, 4) is 5.75 Å². The number of piperidine rings is 1. The van der Waals surface area contributed by atoms with Crippen LogP contribution >= 0.6 is 0 Å². The van der Waals surface area contributed by atoms with E-state index in [-0.39, 0.29) is 5.91 Å². The molecule has 1 N–H and O–H groups in total. The standard InChI is InChI=1S/C23H26N6O3/c1-16-13-25-22(26-14-16)28-9-6-23(7-10-28)21-24-8-11-29(21)15-19(32-23)20(30)27-17-4-3-5-18(12-17)31-2/h3-5,8,11-14,19H,6-7,9-10,15H2,1-2H3,(H,27,30)/t19-/m1/s1. The highest BCUT2D eigenvalue weighted by atomic mass is 16.5. The predicted octanol–water partition coefficient (Wildman–Crippen LogP) is 2.52. The first-order chi connectivity index (χ1) is 15.6. The fourth-order valence-electron chi connectivity index (χ4n) is 4.42. The second-order valence-corrected chi connectivity index (χ2v) is 8.27. The number of nitrogens with one attached hydrogen (secondary N) is 1. The van der Waals surface area contributed by atoms with E-state index < -0.39 is 11.7 Å². The molecule has 0 radical (unpaired) electrons. The van der Waals surface area contributed by atoms with Crippen molar-refractivity contribution in [1.82, 2.24) is 19.5 Å². The Morgan fingerprint density at radius 1 is 1.22 bits per heavy atom. The minimum Gasteiger partial charge on any atom is -0.497 e. The maximum Gasteiger partial charge on any atom is 0.255 e. The lowest BCUT2D eigenvalue weighted by atomic mass is 9.88. The molecule has 0 saturated carbocycles. The molecule has 5 rings (SSSR count). The second kappa shape index (κ2) is 8.23. The van der Waals surface area contributed by atoms with Gasteiger partial charge in [0.1, 0.15) is 17.2 Å². The van der Waals surface area contributed by atoms with Gasteiger partial charge in [-0.25, -0.2) is 15.0 Å². The largest absolute Gasteiger partial charge is 0.497 e. The molecule has 9 heteroatoms. The summed E-state index contributed by atoms with van der Waals surface area (Å²) in [6, 6.07) is 7.31. The minimum atomic E-state index is -0.620. The van der Waals surface area contributed by atoms with Gasteiger partial charge >= 0.3 is 0 Å². The number of hydrogen-bond donors (Lipinski definition) is 1. The summed E-state index contributed by atoms with van der Waals surface area (Å²) in [6.45, 7) is 3.85. The van der Waals surface area contributed by atoms with Gasteiger partial charge in [0.05, 0.1) is 13.7 Å². The van der Waals surface area contributed by atoms with Crippen LogP contribution in [0.1, 0.15) is 24.2 Å². The maximum atomic E-state index is 13.1. The van der Waals surface area contributed by atoms with E-state index in [1.807, 2.05) is 48.3 Å². The number of carbonyl (C=O) groups is 1. The van der Waals surface area contributed by atoms with Gasteiger partial charge in [0.2, 0.25) is 5.95 Å². The molecule has 32 heavy (non-hydrogen) atoms. The number of methoxy groups -OCH3 is 1. The van der Waals surface area contributed by atoms with Crippen molar-refractivity contribution in [3.05, 3.63) is 60.4 Å². The number of rotatable bonds is 4. The van der Waals surface area contributed by atoms with Gasteiger partial charge in [-0.05, 0) is 24.6 Å². The molecule has 0 unspecified atom stereocenters. The third kappa shape index (κ3) is 3.80. The van der Waals surface area contributed by atoms with E-state index in [9.17, 15) is 4.79 Å². The highest BCUT2D eigenvalue weighted by molar-refractivity contribution is 5.94. The van der Waals surface area contributed by atoms with E-state index in [1.165, 1.54) is 0 Å². The van der Waals surface area contributed by atoms with Crippen molar-refractivity contribution in [1.29, 1.82) is 0 Å². The number of amides is 1. The van der Waals surface area contributed by atoms with Crippen molar-refractivity contribution in [2.75, 3.05) is 30.4 Å². The topological polar surface area (TPSA) is 94.4 Å². The summed E-state index contributed by atoms with van der Waals surface area (Å²) in [4.78, 5) is 28.7. The number of aryl methyl sites for hydroxylation is 1. The molecule has 1 aromatic carbocycles. The first kappa shape index (κ1) is 20.4. The minimum absolute atomic E-state index is 0.179. The van der Waals surface area contributed by atoms with E-state index in [0.29, 0.717) is 30.8 Å². The normalized spacial score (nSPS) is 19.4. The van der Waals surface area contributed by atoms with Gasteiger partial charge in [-0.2, -0.15) is 0 Å². The number of anilines is 2. The van der Waals surface area contributed by atoms with Crippen LogP contribution in [-0.2, 0) is 21.7 Å². The Balaban J connectivity index is 1.33. The Kier molecular flexibility index (Phi) is 5.26. The highest BCUT2D eigenvalue weighted by Gasteiger charge is 2.47. The second-order valence-electron chi connectivity index (χ2n) is 8.27. The van der Waals surface area contributed by atoms with Gasteiger partial charge in [0.15, 0.2) is 6.10 Å². The molecule has 0 aliphatic carbocycles. The first-order valence-corrected chi connectivity index (χ1v) is 10.7. The van der Waals surface area contributed by atoms with Crippen LogP contribution < -0.4 is 15.0 Å². The van der Waals surface area contributed by atoms with Gasteiger partial charge in [-0.15, -0.1) is 0 Å². The number of carbonyl (C=O) groups excluding carboxylic acids is 1. The number of hydrogen-bond acceptors (Lipinski definition) is 7. The van der Waals surface area contributed by atoms with E-state index >= 15 is 0 Å². The summed E-state index contributed by atoms with van der Waals surface area (Å²) in [5.74, 6) is 2.11. The van der Waals surface area contributed by atoms with Crippen molar-refractivity contribution in [2.45, 2.75) is 38.0 Å². The number of fused-ring (bicyclic) bond motifs is 2. The summed E-state index contributed by atoms with van der Waals surface area (Å²) < 4.78 is 13.8. The molecule has 9 nitrogen and oxygen atoms in total. The zero-order chi connectivity index (χ0) is 22.1. The number of imidazole rings is 1. The molecule has 4 heterocycles. The van der Waals surface area contributed by atoms with Gasteiger partial charge in [0, 0.05) is 62.5 Å². The Labute approximate surface area is 186 Å². The van der Waals surface area contributed by atoms with Crippen LogP contribution in [0.2, 0.25) is 0 Å². The molecule has 2 aliphatic heterocycles. The van der Waals surface area contributed by atoms with E-state index in [4.69, 9.17) is 9.47 Å². The van der Waals surface area contributed by atoms with Crippen LogP contribution in [-0.4, -0.2) is 51.7 Å². The third-order valence-corrected chi connectivity index (χ3v) is 6.10. The van der Waals surface area contributed by atoms with Crippen LogP contribution in [0.4, 0.5) is 11.6 Å². The molecule has 3 aromatic rings. The van der Waals surface area contributed by atoms with E-state index in [1.54, 1.807) is 19.4 Å².